The van der Waals surface area contributed by atoms with Crippen molar-refractivity contribution in [1.29, 1.82) is 0 Å². The molecule has 0 aliphatic carbocycles. The Morgan fingerprint density at radius 3 is 2.68 bits per heavy atom. The first-order valence-electron chi connectivity index (χ1n) is 15.2. The molecular formula is C33H39ClN6O4. The second kappa shape index (κ2) is 13.0. The molecule has 0 unspecified atom stereocenters. The van der Waals surface area contributed by atoms with Gasteiger partial charge in [-0.1, -0.05) is 35.9 Å². The number of nitrogens with zero attached hydrogens (tertiary/aromatic N) is 6. The zero-order valence-electron chi connectivity index (χ0n) is 25.5. The Morgan fingerprint density at radius 2 is 1.91 bits per heavy atom. The number of anilines is 2. The summed E-state index contributed by atoms with van der Waals surface area (Å²) in [5.41, 5.74) is 3.14. The van der Waals surface area contributed by atoms with E-state index in [2.05, 4.69) is 50.7 Å². The first-order chi connectivity index (χ1) is 21.3. The standard InChI is InChI=1S/C33H39ClN6O4/c1-37-16-6-9-24(37)21-44-33-35-27-20-39(28-11-5-8-22-7-4-10-26(34)31(22)28)18-15-25(27)32(36-33)38(2)23-14-17-40(19-23)29(41)12-13-30(42)43-3/h4-5,7-8,10-13,23-24H,6,9,14-21H2,1-3H3/b13-12+/t23-,24-/m0/s1. The van der Waals surface area contributed by atoms with Crippen molar-refractivity contribution in [2.45, 2.75) is 44.3 Å². The zero-order valence-corrected chi connectivity index (χ0v) is 26.3. The monoisotopic (exact) mass is 618 g/mol. The lowest BCUT2D eigenvalue weighted by Crippen LogP contribution is -2.39. The molecule has 0 spiro atoms. The van der Waals surface area contributed by atoms with Crippen LogP contribution in [0.25, 0.3) is 10.8 Å². The topological polar surface area (TPSA) is 91.3 Å². The number of fused-ring (bicyclic) bond motifs is 2. The van der Waals surface area contributed by atoms with Crippen LogP contribution < -0.4 is 14.5 Å². The number of hydrogen-bond donors (Lipinski definition) is 0. The molecule has 44 heavy (non-hydrogen) atoms. The fourth-order valence-corrected chi connectivity index (χ4v) is 6.87. The van der Waals surface area contributed by atoms with E-state index in [0.29, 0.717) is 38.3 Å². The summed E-state index contributed by atoms with van der Waals surface area (Å²) >= 11 is 6.70. The maximum Gasteiger partial charge on any atom is 0.330 e. The van der Waals surface area contributed by atoms with Gasteiger partial charge in [-0.3, -0.25) is 4.79 Å². The van der Waals surface area contributed by atoms with E-state index < -0.39 is 5.97 Å². The van der Waals surface area contributed by atoms with Crippen molar-refractivity contribution >= 4 is 45.8 Å². The number of likely N-dealkylation sites (tertiary alicyclic amines) is 2. The fourth-order valence-electron chi connectivity index (χ4n) is 6.59. The van der Waals surface area contributed by atoms with Crippen LogP contribution in [-0.4, -0.2) is 97.7 Å². The lowest BCUT2D eigenvalue weighted by molar-refractivity contribution is -0.135. The third kappa shape index (κ3) is 6.19. The zero-order chi connectivity index (χ0) is 30.8. The maximum absolute atomic E-state index is 12.7. The van der Waals surface area contributed by atoms with Crippen LogP contribution in [0, 0.1) is 0 Å². The van der Waals surface area contributed by atoms with Crippen LogP contribution in [0.3, 0.4) is 0 Å². The number of hydrogen-bond acceptors (Lipinski definition) is 9. The van der Waals surface area contributed by atoms with Gasteiger partial charge in [-0.25, -0.2) is 4.79 Å². The Morgan fingerprint density at radius 1 is 1.09 bits per heavy atom. The van der Waals surface area contributed by atoms with Crippen molar-refractivity contribution in [2.75, 3.05) is 63.8 Å². The third-order valence-electron chi connectivity index (χ3n) is 9.19. The predicted molar refractivity (Wildman–Crippen MR) is 171 cm³/mol. The summed E-state index contributed by atoms with van der Waals surface area (Å²) in [7, 11) is 5.46. The molecule has 3 aliphatic rings. The number of carbonyl (C=O) groups is 2. The number of amides is 1. The van der Waals surface area contributed by atoms with E-state index in [9.17, 15) is 9.59 Å². The van der Waals surface area contributed by atoms with Crippen molar-refractivity contribution in [3.63, 3.8) is 0 Å². The Labute approximate surface area is 263 Å². The van der Waals surface area contributed by atoms with Crippen molar-refractivity contribution < 1.29 is 19.1 Å². The van der Waals surface area contributed by atoms with Crippen LogP contribution >= 0.6 is 11.6 Å². The molecule has 4 heterocycles. The van der Waals surface area contributed by atoms with Crippen molar-refractivity contribution in [3.05, 3.63) is 64.8 Å². The molecule has 11 heteroatoms. The average molecular weight is 619 g/mol. The number of rotatable bonds is 8. The van der Waals surface area contributed by atoms with Gasteiger partial charge in [0, 0.05) is 67.6 Å². The van der Waals surface area contributed by atoms with E-state index in [1.807, 2.05) is 19.2 Å². The van der Waals surface area contributed by atoms with Crippen LogP contribution in [0.5, 0.6) is 6.01 Å². The third-order valence-corrected chi connectivity index (χ3v) is 9.51. The quantitative estimate of drug-likeness (QED) is 0.274. The SMILES string of the molecule is COC(=O)/C=C/C(=O)N1CC[C@H](N(C)c2nc(OC[C@@H]3CCCN3C)nc3c2CCN(c2cccc4cccc(Cl)c24)C3)C1. The number of methoxy groups -OCH3 is 1. The molecule has 2 fully saturated rings. The van der Waals surface area contributed by atoms with Crippen LogP contribution in [-0.2, 0) is 27.3 Å². The van der Waals surface area contributed by atoms with Crippen LogP contribution in [0.2, 0.25) is 5.02 Å². The highest BCUT2D eigenvalue weighted by Gasteiger charge is 2.33. The number of esters is 1. The van der Waals surface area contributed by atoms with E-state index in [1.54, 1.807) is 4.90 Å². The number of aromatic nitrogens is 2. The summed E-state index contributed by atoms with van der Waals surface area (Å²) in [5, 5.41) is 2.89. The van der Waals surface area contributed by atoms with Gasteiger partial charge in [0.05, 0.1) is 24.4 Å². The van der Waals surface area contributed by atoms with Gasteiger partial charge in [0.2, 0.25) is 5.91 Å². The number of ether oxygens (including phenoxy) is 2. The fraction of sp³-hybridized carbons (Fsp3) is 0.455. The molecule has 0 N–H and O–H groups in total. The van der Waals surface area contributed by atoms with Gasteiger partial charge in [0.25, 0.3) is 0 Å². The van der Waals surface area contributed by atoms with Gasteiger partial charge in [-0.05, 0) is 56.8 Å². The van der Waals surface area contributed by atoms with E-state index in [4.69, 9.17) is 26.3 Å². The minimum absolute atomic E-state index is 0.0631. The molecule has 0 bridgehead atoms. The smallest absolute Gasteiger partial charge is 0.330 e. The summed E-state index contributed by atoms with van der Waals surface area (Å²) in [6, 6.07) is 13.1. The van der Waals surface area contributed by atoms with Crippen molar-refractivity contribution in [1.82, 2.24) is 19.8 Å². The highest BCUT2D eigenvalue weighted by atomic mass is 35.5. The predicted octanol–water partition coefficient (Wildman–Crippen LogP) is 4.09. The number of halogens is 1. The molecule has 2 aromatic carbocycles. The van der Waals surface area contributed by atoms with Gasteiger partial charge in [0.1, 0.15) is 12.4 Å². The number of benzene rings is 2. The van der Waals surface area contributed by atoms with Crippen LogP contribution in [0.1, 0.15) is 30.5 Å². The molecule has 232 valence electrons. The molecule has 10 nitrogen and oxygen atoms in total. The van der Waals surface area contributed by atoms with Gasteiger partial charge in [-0.15, -0.1) is 0 Å². The molecule has 1 amide bonds. The second-order valence-corrected chi connectivity index (χ2v) is 12.2. The lowest BCUT2D eigenvalue weighted by Gasteiger charge is -2.35. The average Bonchev–Trinajstić information content (AvgIpc) is 3.70. The molecule has 3 aromatic rings. The van der Waals surface area contributed by atoms with E-state index in [1.165, 1.54) is 19.3 Å². The van der Waals surface area contributed by atoms with Crippen LogP contribution in [0.15, 0.2) is 48.6 Å². The Balaban J connectivity index is 1.28. The summed E-state index contributed by atoms with van der Waals surface area (Å²) in [5.74, 6) is 0.102. The Hall–Kier alpha value is -3.89. The van der Waals surface area contributed by atoms with Crippen LogP contribution in [0.4, 0.5) is 11.5 Å². The molecule has 2 atom stereocenters. The molecule has 6 rings (SSSR count). The molecule has 0 saturated carbocycles. The summed E-state index contributed by atoms with van der Waals surface area (Å²) < 4.78 is 10.9. The lowest BCUT2D eigenvalue weighted by atomic mass is 10.0. The molecule has 1 aromatic heterocycles. The largest absolute Gasteiger partial charge is 0.466 e. The molecule has 2 saturated heterocycles. The number of carbonyl (C=O) groups excluding carboxylic acids is 2. The Kier molecular flexibility index (Phi) is 8.91. The first-order valence-corrected chi connectivity index (χ1v) is 15.6. The summed E-state index contributed by atoms with van der Waals surface area (Å²) in [6.07, 6.45) is 6.26. The minimum atomic E-state index is -0.546. The summed E-state index contributed by atoms with van der Waals surface area (Å²) in [4.78, 5) is 42.8. The highest BCUT2D eigenvalue weighted by Crippen LogP contribution is 2.37. The van der Waals surface area contributed by atoms with E-state index >= 15 is 0 Å². The molecule has 3 aliphatic heterocycles. The van der Waals surface area contributed by atoms with E-state index in [0.717, 1.165) is 77.3 Å². The van der Waals surface area contributed by atoms with Crippen molar-refractivity contribution in [2.24, 2.45) is 0 Å². The van der Waals surface area contributed by atoms with Gasteiger partial charge < -0.3 is 29.1 Å². The highest BCUT2D eigenvalue weighted by molar-refractivity contribution is 6.36. The minimum Gasteiger partial charge on any atom is -0.466 e. The molecular weight excluding hydrogens is 580 g/mol. The summed E-state index contributed by atoms with van der Waals surface area (Å²) in [6.45, 7) is 4.14. The van der Waals surface area contributed by atoms with Gasteiger partial charge >= 0.3 is 12.0 Å². The normalized spacial score (nSPS) is 20.4. The molecule has 0 radical (unpaired) electrons. The Bertz CT molecular complexity index is 1580. The first kappa shape index (κ1) is 30.1. The maximum atomic E-state index is 12.7. The number of likely N-dealkylation sites (N-methyl/N-ethyl adjacent to an activating group) is 2. The van der Waals surface area contributed by atoms with Crippen molar-refractivity contribution in [3.8, 4) is 6.01 Å². The van der Waals surface area contributed by atoms with E-state index in [-0.39, 0.29) is 11.9 Å². The second-order valence-electron chi connectivity index (χ2n) is 11.8. The van der Waals surface area contributed by atoms with Gasteiger partial charge in [-0.2, -0.15) is 9.97 Å². The van der Waals surface area contributed by atoms with Gasteiger partial charge in [0.15, 0.2) is 0 Å².